The number of rotatable bonds is 3. The number of pyridine rings is 1. The number of amides is 1. The van der Waals surface area contributed by atoms with Crippen LogP contribution < -0.4 is 11.2 Å². The highest BCUT2D eigenvalue weighted by molar-refractivity contribution is 5.98. The predicted molar refractivity (Wildman–Crippen MR) is 123 cm³/mol. The minimum absolute atomic E-state index is 0.00622. The average molecular weight is 514 g/mol. The number of hydrogen-bond acceptors (Lipinski definition) is 7. The van der Waals surface area contributed by atoms with Gasteiger partial charge in [0.1, 0.15) is 28.5 Å². The number of nitrogens with zero attached hydrogens (tertiary/aromatic N) is 6. The lowest BCUT2D eigenvalue weighted by Crippen LogP contribution is -2.46. The SMILES string of the molecule is CNN(C(=O)c1cc2c(cc1F)nc(N)c1cncn12)C1COCc2c1ccn1c(C(F)(F)F)cnc21. The fourth-order valence-electron chi connectivity index (χ4n) is 4.76. The van der Waals surface area contributed by atoms with Gasteiger partial charge in [0.05, 0.1) is 54.6 Å². The van der Waals surface area contributed by atoms with Crippen molar-refractivity contribution in [1.29, 1.82) is 0 Å². The Morgan fingerprint density at radius 3 is 2.81 bits per heavy atom. The number of fused-ring (bicyclic) bond motifs is 6. The zero-order valence-electron chi connectivity index (χ0n) is 19.1. The summed E-state index contributed by atoms with van der Waals surface area (Å²) in [5.41, 5.74) is 9.70. The maximum absolute atomic E-state index is 15.2. The molecule has 1 unspecified atom stereocenters. The zero-order chi connectivity index (χ0) is 26.1. The lowest BCUT2D eigenvalue weighted by Gasteiger charge is -2.35. The summed E-state index contributed by atoms with van der Waals surface area (Å²) in [5, 5.41) is 1.18. The molecule has 37 heavy (non-hydrogen) atoms. The highest BCUT2D eigenvalue weighted by Gasteiger charge is 2.37. The van der Waals surface area contributed by atoms with Crippen molar-refractivity contribution < 1.29 is 27.1 Å². The van der Waals surface area contributed by atoms with E-state index < -0.39 is 29.6 Å². The van der Waals surface area contributed by atoms with Crippen LogP contribution in [0.25, 0.3) is 22.2 Å². The van der Waals surface area contributed by atoms with E-state index in [-0.39, 0.29) is 35.8 Å². The number of nitrogen functional groups attached to an aromatic ring is 1. The van der Waals surface area contributed by atoms with Crippen LogP contribution in [0.4, 0.5) is 23.4 Å². The summed E-state index contributed by atoms with van der Waals surface area (Å²) in [6.45, 7) is 0.0356. The second-order valence-corrected chi connectivity index (χ2v) is 8.48. The minimum Gasteiger partial charge on any atom is -0.382 e. The first-order chi connectivity index (χ1) is 17.7. The number of carbonyl (C=O) groups is 1. The van der Waals surface area contributed by atoms with Crippen molar-refractivity contribution in [3.63, 3.8) is 0 Å². The Morgan fingerprint density at radius 1 is 1.24 bits per heavy atom. The van der Waals surface area contributed by atoms with E-state index in [1.54, 1.807) is 4.40 Å². The quantitative estimate of drug-likeness (QED) is 0.281. The second-order valence-electron chi connectivity index (χ2n) is 8.48. The van der Waals surface area contributed by atoms with E-state index in [0.29, 0.717) is 22.2 Å². The van der Waals surface area contributed by atoms with Crippen LogP contribution in [0.2, 0.25) is 0 Å². The van der Waals surface area contributed by atoms with Crippen LogP contribution in [0, 0.1) is 5.82 Å². The summed E-state index contributed by atoms with van der Waals surface area (Å²) in [5.74, 6) is -1.37. The van der Waals surface area contributed by atoms with Gasteiger partial charge in [0.2, 0.25) is 0 Å². The lowest BCUT2D eigenvalue weighted by atomic mass is 9.99. The molecule has 1 atom stereocenters. The number of nitrogens with two attached hydrogens (primary N) is 1. The van der Waals surface area contributed by atoms with Gasteiger partial charge in [-0.1, -0.05) is 0 Å². The standard InChI is InChI=1S/C23H18F4N8O2/c1-29-35(18-9-37-8-13-11(18)2-3-33-19(23(25,26)27)7-31-21(13)33)22(36)12-4-16-15(5-14(12)24)32-20(28)17-6-30-10-34(16)17/h2-7,10,18,29H,8-9H2,1H3,(H2,28,32). The van der Waals surface area contributed by atoms with Gasteiger partial charge < -0.3 is 10.5 Å². The van der Waals surface area contributed by atoms with Gasteiger partial charge in [-0.15, -0.1) is 0 Å². The summed E-state index contributed by atoms with van der Waals surface area (Å²) in [6, 6.07) is 3.19. The summed E-state index contributed by atoms with van der Waals surface area (Å²) < 4.78 is 63.5. The first-order valence-corrected chi connectivity index (χ1v) is 11.0. The Balaban J connectivity index is 1.44. The molecular formula is C23H18F4N8O2. The van der Waals surface area contributed by atoms with Crippen molar-refractivity contribution in [1.82, 2.24) is 34.2 Å². The molecule has 0 bridgehead atoms. The smallest absolute Gasteiger partial charge is 0.382 e. The molecular weight excluding hydrogens is 496 g/mol. The van der Waals surface area contributed by atoms with Gasteiger partial charge in [0.15, 0.2) is 0 Å². The average Bonchev–Trinajstić information content (AvgIpc) is 3.52. The molecule has 6 rings (SSSR count). The number of aromatic nitrogens is 5. The number of hydrogen-bond donors (Lipinski definition) is 2. The predicted octanol–water partition coefficient (Wildman–Crippen LogP) is 3.12. The molecule has 0 aliphatic carbocycles. The maximum Gasteiger partial charge on any atom is 0.433 e. The van der Waals surface area contributed by atoms with Crippen LogP contribution in [-0.2, 0) is 17.5 Å². The molecule has 1 aliphatic rings. The summed E-state index contributed by atoms with van der Waals surface area (Å²) in [7, 11) is 1.48. The minimum atomic E-state index is -4.59. The molecule has 5 heterocycles. The number of halogens is 4. The fourth-order valence-corrected chi connectivity index (χ4v) is 4.76. The van der Waals surface area contributed by atoms with Crippen molar-refractivity contribution in [2.24, 2.45) is 0 Å². The third-order valence-electron chi connectivity index (χ3n) is 6.46. The number of imidazole rings is 2. The van der Waals surface area contributed by atoms with Crippen LogP contribution in [0.5, 0.6) is 0 Å². The molecule has 0 spiro atoms. The summed E-state index contributed by atoms with van der Waals surface area (Å²) in [4.78, 5) is 25.8. The van der Waals surface area contributed by atoms with Crippen molar-refractivity contribution in [2.75, 3.05) is 19.4 Å². The van der Waals surface area contributed by atoms with Crippen LogP contribution >= 0.6 is 0 Å². The Labute approximate surface area is 205 Å². The third kappa shape index (κ3) is 3.48. The fraction of sp³-hybridized carbons (Fsp3) is 0.217. The Morgan fingerprint density at radius 2 is 2.05 bits per heavy atom. The van der Waals surface area contributed by atoms with Gasteiger partial charge in [-0.2, -0.15) is 13.2 Å². The molecule has 0 saturated heterocycles. The molecule has 0 radical (unpaired) electrons. The van der Waals surface area contributed by atoms with Gasteiger partial charge in [-0.3, -0.25) is 18.6 Å². The van der Waals surface area contributed by atoms with Gasteiger partial charge in [-0.25, -0.2) is 24.8 Å². The van der Waals surface area contributed by atoms with E-state index >= 15 is 4.39 Å². The number of nitrogens with one attached hydrogen (secondary N) is 1. The van der Waals surface area contributed by atoms with E-state index in [1.807, 2.05) is 0 Å². The molecule has 3 N–H and O–H groups in total. The van der Waals surface area contributed by atoms with Gasteiger partial charge >= 0.3 is 6.18 Å². The summed E-state index contributed by atoms with van der Waals surface area (Å²) in [6.07, 6.45) is 0.395. The molecule has 0 fully saturated rings. The van der Waals surface area contributed by atoms with E-state index in [0.717, 1.165) is 16.7 Å². The number of anilines is 1. The molecule has 14 heteroatoms. The van der Waals surface area contributed by atoms with E-state index in [1.165, 1.54) is 42.9 Å². The lowest BCUT2D eigenvalue weighted by molar-refractivity contribution is -0.141. The van der Waals surface area contributed by atoms with E-state index in [2.05, 4.69) is 20.4 Å². The van der Waals surface area contributed by atoms with Crippen LogP contribution in [0.15, 0.2) is 43.1 Å². The van der Waals surface area contributed by atoms with Gasteiger partial charge in [-0.05, 0) is 17.7 Å². The number of carbonyl (C=O) groups excluding carboxylic acids is 1. The Hall–Kier alpha value is -4.30. The molecule has 1 aliphatic heterocycles. The molecule has 10 nitrogen and oxygen atoms in total. The first kappa shape index (κ1) is 23.1. The van der Waals surface area contributed by atoms with Crippen molar-refractivity contribution in [3.8, 4) is 0 Å². The first-order valence-electron chi connectivity index (χ1n) is 11.0. The van der Waals surface area contributed by atoms with Crippen LogP contribution in [-0.4, -0.2) is 48.3 Å². The van der Waals surface area contributed by atoms with Crippen molar-refractivity contribution >= 4 is 33.9 Å². The number of ether oxygens (including phenoxy) is 1. The van der Waals surface area contributed by atoms with Crippen LogP contribution in [0.3, 0.4) is 0 Å². The van der Waals surface area contributed by atoms with Gasteiger partial charge in [0, 0.05) is 24.9 Å². The number of benzene rings is 1. The van der Waals surface area contributed by atoms with Crippen LogP contribution in [0.1, 0.15) is 33.2 Å². The monoisotopic (exact) mass is 514 g/mol. The number of alkyl halides is 3. The Kier molecular flexibility index (Phi) is 5.07. The summed E-state index contributed by atoms with van der Waals surface area (Å²) >= 11 is 0. The third-order valence-corrected chi connectivity index (χ3v) is 6.46. The molecule has 4 aromatic heterocycles. The van der Waals surface area contributed by atoms with E-state index in [4.69, 9.17) is 10.5 Å². The highest BCUT2D eigenvalue weighted by atomic mass is 19.4. The van der Waals surface area contributed by atoms with Crippen molar-refractivity contribution in [2.45, 2.75) is 18.8 Å². The highest BCUT2D eigenvalue weighted by Crippen LogP contribution is 2.36. The molecule has 5 aromatic rings. The largest absolute Gasteiger partial charge is 0.433 e. The molecule has 1 amide bonds. The van der Waals surface area contributed by atoms with E-state index in [9.17, 15) is 18.0 Å². The zero-order valence-corrected chi connectivity index (χ0v) is 19.1. The van der Waals surface area contributed by atoms with Gasteiger partial charge in [0.25, 0.3) is 5.91 Å². The maximum atomic E-state index is 15.2. The Bertz CT molecular complexity index is 1710. The van der Waals surface area contributed by atoms with Crippen molar-refractivity contribution in [3.05, 3.63) is 71.3 Å². The second kappa shape index (κ2) is 8.11. The molecule has 1 aromatic carbocycles. The topological polar surface area (TPSA) is 115 Å². The molecule has 190 valence electrons. The number of hydrazine groups is 1. The normalized spacial score (nSPS) is 16.0. The molecule has 0 saturated carbocycles.